The largest absolute Gasteiger partial charge is 0.491 e. The highest BCUT2D eigenvalue weighted by molar-refractivity contribution is 5.45. The fourth-order valence-corrected chi connectivity index (χ4v) is 3.14. The van der Waals surface area contributed by atoms with Crippen molar-refractivity contribution in [2.45, 2.75) is 20.0 Å². The van der Waals surface area contributed by atoms with E-state index in [0.717, 1.165) is 37.5 Å². The van der Waals surface area contributed by atoms with Crippen molar-refractivity contribution in [2.75, 3.05) is 44.2 Å². The number of aliphatic hydroxyl groups is 1. The molecule has 3 rings (SSSR count). The third kappa shape index (κ3) is 4.94. The van der Waals surface area contributed by atoms with Crippen LogP contribution in [0.1, 0.15) is 11.1 Å². The molecule has 2 aromatic rings. The Bertz CT molecular complexity index is 670. The molecule has 1 aromatic carbocycles. The molecule has 5 heteroatoms. The summed E-state index contributed by atoms with van der Waals surface area (Å²) in [5, 5.41) is 10.3. The highest BCUT2D eigenvalue weighted by atomic mass is 16.5. The molecule has 1 atom stereocenters. The maximum atomic E-state index is 10.3. The van der Waals surface area contributed by atoms with Gasteiger partial charge in [-0.15, -0.1) is 0 Å². The number of β-amino-alcohol motifs (C(OH)–C–C–N with tert-alkyl or cyclic N) is 1. The molecule has 0 saturated carbocycles. The van der Waals surface area contributed by atoms with Gasteiger partial charge in [0.05, 0.1) is 0 Å². The summed E-state index contributed by atoms with van der Waals surface area (Å²) in [7, 11) is 0. The van der Waals surface area contributed by atoms with Gasteiger partial charge >= 0.3 is 0 Å². The number of aliphatic hydroxyl groups excluding tert-OH is 1. The van der Waals surface area contributed by atoms with Crippen LogP contribution in [0.25, 0.3) is 0 Å². The summed E-state index contributed by atoms with van der Waals surface area (Å²) in [4.78, 5) is 8.73. The number of anilines is 1. The standard InChI is InChI=1S/C20H27N3O2/c1-16-3-4-17(2)20(13-16)25-15-19(24)14-22-9-11-23(12-10-22)18-5-7-21-8-6-18/h3-8,13,19,24H,9-12,14-15H2,1-2H3. The number of hydrogen-bond acceptors (Lipinski definition) is 5. The van der Waals surface area contributed by atoms with E-state index in [9.17, 15) is 5.11 Å². The second kappa shape index (κ2) is 8.32. The van der Waals surface area contributed by atoms with Crippen molar-refractivity contribution < 1.29 is 9.84 Å². The number of aromatic nitrogens is 1. The number of pyridine rings is 1. The monoisotopic (exact) mass is 341 g/mol. The quantitative estimate of drug-likeness (QED) is 0.873. The molecule has 0 bridgehead atoms. The highest BCUT2D eigenvalue weighted by Gasteiger charge is 2.19. The van der Waals surface area contributed by atoms with Crippen LogP contribution in [0.2, 0.25) is 0 Å². The zero-order valence-electron chi connectivity index (χ0n) is 15.1. The minimum Gasteiger partial charge on any atom is -0.491 e. The van der Waals surface area contributed by atoms with Crippen molar-refractivity contribution in [3.8, 4) is 5.75 Å². The van der Waals surface area contributed by atoms with Gasteiger partial charge in [0.2, 0.25) is 0 Å². The van der Waals surface area contributed by atoms with E-state index in [1.807, 2.05) is 44.4 Å². The van der Waals surface area contributed by atoms with Gasteiger partial charge in [-0.05, 0) is 43.2 Å². The van der Waals surface area contributed by atoms with E-state index in [2.05, 4.69) is 26.9 Å². The van der Waals surface area contributed by atoms with Gasteiger partial charge in [-0.2, -0.15) is 0 Å². The summed E-state index contributed by atoms with van der Waals surface area (Å²) >= 11 is 0. The predicted octanol–water partition coefficient (Wildman–Crippen LogP) is 2.26. The lowest BCUT2D eigenvalue weighted by molar-refractivity contribution is 0.0660. The van der Waals surface area contributed by atoms with Gasteiger partial charge in [-0.1, -0.05) is 12.1 Å². The second-order valence-electron chi connectivity index (χ2n) is 6.73. The zero-order chi connectivity index (χ0) is 17.6. The van der Waals surface area contributed by atoms with Crippen LogP contribution in [0, 0.1) is 13.8 Å². The fourth-order valence-electron chi connectivity index (χ4n) is 3.14. The molecule has 0 amide bonds. The van der Waals surface area contributed by atoms with E-state index >= 15 is 0 Å². The van der Waals surface area contributed by atoms with E-state index < -0.39 is 6.10 Å². The van der Waals surface area contributed by atoms with Gasteiger partial charge in [0.15, 0.2) is 0 Å². The molecule has 134 valence electrons. The summed E-state index contributed by atoms with van der Waals surface area (Å²) in [6.07, 6.45) is 3.18. The first-order chi connectivity index (χ1) is 12.1. The number of nitrogens with zero attached hydrogens (tertiary/aromatic N) is 3. The van der Waals surface area contributed by atoms with Crippen molar-refractivity contribution in [3.63, 3.8) is 0 Å². The van der Waals surface area contributed by atoms with Crippen LogP contribution in [-0.4, -0.2) is 60.4 Å². The zero-order valence-corrected chi connectivity index (χ0v) is 15.1. The Morgan fingerprint density at radius 1 is 1.08 bits per heavy atom. The van der Waals surface area contributed by atoms with Gasteiger partial charge < -0.3 is 14.7 Å². The smallest absolute Gasteiger partial charge is 0.122 e. The third-order valence-corrected chi connectivity index (χ3v) is 4.64. The summed E-state index contributed by atoms with van der Waals surface area (Å²) in [6, 6.07) is 10.2. The Morgan fingerprint density at radius 3 is 2.52 bits per heavy atom. The molecule has 1 fully saturated rings. The number of benzene rings is 1. The van der Waals surface area contributed by atoms with Crippen molar-refractivity contribution >= 4 is 5.69 Å². The van der Waals surface area contributed by atoms with Crippen LogP contribution in [0.5, 0.6) is 5.75 Å². The average molecular weight is 341 g/mol. The van der Waals surface area contributed by atoms with Crippen LogP contribution >= 0.6 is 0 Å². The molecule has 2 heterocycles. The topological polar surface area (TPSA) is 48.8 Å². The molecule has 1 aliphatic rings. The minimum absolute atomic E-state index is 0.328. The first-order valence-electron chi connectivity index (χ1n) is 8.87. The van der Waals surface area contributed by atoms with Crippen LogP contribution in [-0.2, 0) is 0 Å². The average Bonchev–Trinajstić information content (AvgIpc) is 2.64. The number of hydrogen-bond donors (Lipinski definition) is 1. The molecule has 1 saturated heterocycles. The van der Waals surface area contributed by atoms with E-state index in [1.54, 1.807) is 0 Å². The fraction of sp³-hybridized carbons (Fsp3) is 0.450. The molecular formula is C20H27N3O2. The first-order valence-corrected chi connectivity index (χ1v) is 8.87. The number of ether oxygens (including phenoxy) is 1. The third-order valence-electron chi connectivity index (χ3n) is 4.64. The van der Waals surface area contributed by atoms with Gasteiger partial charge in [0.1, 0.15) is 18.5 Å². The number of piperazine rings is 1. The van der Waals surface area contributed by atoms with E-state index in [4.69, 9.17) is 4.74 Å². The molecule has 0 aliphatic carbocycles. The summed E-state index contributed by atoms with van der Waals surface area (Å²) < 4.78 is 5.82. The second-order valence-corrected chi connectivity index (χ2v) is 6.73. The molecule has 1 N–H and O–H groups in total. The van der Waals surface area contributed by atoms with E-state index in [1.165, 1.54) is 11.3 Å². The Hall–Kier alpha value is -2.11. The lowest BCUT2D eigenvalue weighted by Gasteiger charge is -2.36. The van der Waals surface area contributed by atoms with Crippen molar-refractivity contribution in [2.24, 2.45) is 0 Å². The van der Waals surface area contributed by atoms with Gasteiger partial charge in [-0.25, -0.2) is 0 Å². The molecule has 5 nitrogen and oxygen atoms in total. The SMILES string of the molecule is Cc1ccc(C)c(OCC(O)CN2CCN(c3ccncc3)CC2)c1. The van der Waals surface area contributed by atoms with Crippen LogP contribution in [0.4, 0.5) is 5.69 Å². The van der Waals surface area contributed by atoms with Gasteiger partial charge in [0, 0.05) is 50.8 Å². The molecule has 1 unspecified atom stereocenters. The highest BCUT2D eigenvalue weighted by Crippen LogP contribution is 2.19. The minimum atomic E-state index is -0.479. The molecule has 0 radical (unpaired) electrons. The van der Waals surface area contributed by atoms with Crippen molar-refractivity contribution in [3.05, 3.63) is 53.9 Å². The van der Waals surface area contributed by atoms with Crippen LogP contribution in [0.3, 0.4) is 0 Å². The molecular weight excluding hydrogens is 314 g/mol. The number of aryl methyl sites for hydroxylation is 2. The van der Waals surface area contributed by atoms with Crippen molar-refractivity contribution in [1.29, 1.82) is 0 Å². The molecule has 0 spiro atoms. The normalized spacial score (nSPS) is 16.7. The van der Waals surface area contributed by atoms with E-state index in [0.29, 0.717) is 13.2 Å². The Balaban J connectivity index is 1.43. The summed E-state index contributed by atoms with van der Waals surface area (Å²) in [6.45, 7) is 8.88. The van der Waals surface area contributed by atoms with Crippen molar-refractivity contribution in [1.82, 2.24) is 9.88 Å². The number of rotatable bonds is 6. The van der Waals surface area contributed by atoms with Gasteiger partial charge in [0.25, 0.3) is 0 Å². The maximum Gasteiger partial charge on any atom is 0.122 e. The lowest BCUT2D eigenvalue weighted by atomic mass is 10.1. The first kappa shape index (κ1) is 17.7. The molecule has 1 aliphatic heterocycles. The Kier molecular flexibility index (Phi) is 5.89. The maximum absolute atomic E-state index is 10.3. The van der Waals surface area contributed by atoms with Gasteiger partial charge in [-0.3, -0.25) is 9.88 Å². The Morgan fingerprint density at radius 2 is 1.80 bits per heavy atom. The molecule has 1 aromatic heterocycles. The summed E-state index contributed by atoms with van der Waals surface area (Å²) in [5.41, 5.74) is 3.49. The van der Waals surface area contributed by atoms with E-state index in [-0.39, 0.29) is 0 Å². The lowest BCUT2D eigenvalue weighted by Crippen LogP contribution is -2.49. The molecule has 25 heavy (non-hydrogen) atoms. The summed E-state index contributed by atoms with van der Waals surface area (Å²) in [5.74, 6) is 0.863. The predicted molar refractivity (Wildman–Crippen MR) is 100 cm³/mol. The van der Waals surface area contributed by atoms with Crippen LogP contribution < -0.4 is 9.64 Å². The van der Waals surface area contributed by atoms with Crippen LogP contribution in [0.15, 0.2) is 42.7 Å². The Labute approximate surface area is 149 Å².